The van der Waals surface area contributed by atoms with Crippen molar-refractivity contribution < 1.29 is 10.2 Å². The molecule has 6 N–H and O–H groups in total. The standard InChI is InChI=1S/C26H38N2O2.2ClH/c1-25(27,17-9-5-3-6-10-17)21-15-13-19-20(24(21)30)14-16-22(29)23(19)26(2,28)18-11-7-4-8-12-18;;/h13-18,29-30H,3-12,27-28H2,1-2H3;2*1H. The molecule has 0 radical (unpaired) electrons. The summed E-state index contributed by atoms with van der Waals surface area (Å²) in [5, 5.41) is 23.7. The fraction of sp³-hybridized carbons (Fsp3) is 0.615. The van der Waals surface area contributed by atoms with Crippen LogP contribution in [0.2, 0.25) is 0 Å². The lowest BCUT2D eigenvalue weighted by molar-refractivity contribution is 0.219. The van der Waals surface area contributed by atoms with E-state index < -0.39 is 11.1 Å². The molecule has 4 nitrogen and oxygen atoms in total. The first-order chi connectivity index (χ1) is 14.2. The lowest BCUT2D eigenvalue weighted by Crippen LogP contribution is -2.43. The van der Waals surface area contributed by atoms with Crippen molar-refractivity contribution in [3.8, 4) is 11.5 Å². The van der Waals surface area contributed by atoms with Crippen LogP contribution in [-0.2, 0) is 11.1 Å². The summed E-state index contributed by atoms with van der Waals surface area (Å²) in [4.78, 5) is 0. The topological polar surface area (TPSA) is 92.5 Å². The van der Waals surface area contributed by atoms with E-state index in [1.54, 1.807) is 12.1 Å². The third-order valence-corrected chi connectivity index (χ3v) is 8.18. The fourth-order valence-corrected chi connectivity index (χ4v) is 6.21. The van der Waals surface area contributed by atoms with Crippen molar-refractivity contribution in [2.24, 2.45) is 23.3 Å². The number of hydrogen-bond donors (Lipinski definition) is 4. The van der Waals surface area contributed by atoms with Crippen LogP contribution in [0.3, 0.4) is 0 Å². The molecule has 2 aromatic rings. The molecule has 0 heterocycles. The minimum absolute atomic E-state index is 0. The van der Waals surface area contributed by atoms with E-state index in [1.165, 1.54) is 38.5 Å². The molecular formula is C26H40Cl2N2O2. The van der Waals surface area contributed by atoms with Crippen LogP contribution in [0.4, 0.5) is 0 Å². The summed E-state index contributed by atoms with van der Waals surface area (Å²) >= 11 is 0. The highest BCUT2D eigenvalue weighted by Gasteiger charge is 2.38. The fourth-order valence-electron chi connectivity index (χ4n) is 6.21. The maximum atomic E-state index is 11.3. The Hall–Kier alpha value is -1.20. The first-order valence-electron chi connectivity index (χ1n) is 11.8. The number of rotatable bonds is 4. The Morgan fingerprint density at radius 2 is 1.16 bits per heavy atom. The number of hydrogen-bond acceptors (Lipinski definition) is 4. The zero-order valence-corrected chi connectivity index (χ0v) is 21.0. The minimum Gasteiger partial charge on any atom is -0.508 e. The van der Waals surface area contributed by atoms with Gasteiger partial charge in [0.15, 0.2) is 0 Å². The zero-order valence-electron chi connectivity index (χ0n) is 19.4. The van der Waals surface area contributed by atoms with Crippen LogP contribution in [0.5, 0.6) is 11.5 Å². The molecule has 2 atom stereocenters. The molecule has 4 rings (SSSR count). The summed E-state index contributed by atoms with van der Waals surface area (Å²) in [6.45, 7) is 4.10. The van der Waals surface area contributed by atoms with E-state index in [2.05, 4.69) is 6.92 Å². The van der Waals surface area contributed by atoms with Gasteiger partial charge in [-0.15, -0.1) is 24.8 Å². The molecule has 6 heteroatoms. The Morgan fingerprint density at radius 3 is 1.69 bits per heavy atom. The third-order valence-electron chi connectivity index (χ3n) is 8.18. The average Bonchev–Trinajstić information content (AvgIpc) is 2.74. The monoisotopic (exact) mass is 482 g/mol. The number of benzene rings is 2. The smallest absolute Gasteiger partial charge is 0.128 e. The van der Waals surface area contributed by atoms with Gasteiger partial charge in [0.1, 0.15) is 11.5 Å². The van der Waals surface area contributed by atoms with Gasteiger partial charge in [-0.05, 0) is 68.9 Å². The highest BCUT2D eigenvalue weighted by molar-refractivity contribution is 5.94. The van der Waals surface area contributed by atoms with Gasteiger partial charge in [-0.2, -0.15) is 0 Å². The van der Waals surface area contributed by atoms with Crippen molar-refractivity contribution in [2.45, 2.75) is 89.1 Å². The highest BCUT2D eigenvalue weighted by Crippen LogP contribution is 2.48. The van der Waals surface area contributed by atoms with Gasteiger partial charge in [-0.3, -0.25) is 0 Å². The number of halogens is 2. The van der Waals surface area contributed by atoms with Gasteiger partial charge in [0.25, 0.3) is 0 Å². The Kier molecular flexibility index (Phi) is 8.77. The van der Waals surface area contributed by atoms with Crippen LogP contribution in [-0.4, -0.2) is 10.2 Å². The molecule has 2 aliphatic rings. The summed E-state index contributed by atoms with van der Waals surface area (Å²) in [7, 11) is 0. The molecule has 2 saturated carbocycles. The Morgan fingerprint density at radius 1 is 0.688 bits per heavy atom. The maximum absolute atomic E-state index is 11.3. The van der Waals surface area contributed by atoms with Crippen LogP contribution in [0.25, 0.3) is 10.8 Å². The molecule has 180 valence electrons. The number of fused-ring (bicyclic) bond motifs is 1. The Labute approximate surface area is 205 Å². The van der Waals surface area contributed by atoms with Crippen molar-refractivity contribution >= 4 is 35.6 Å². The van der Waals surface area contributed by atoms with Crippen molar-refractivity contribution in [3.05, 3.63) is 35.4 Å². The van der Waals surface area contributed by atoms with E-state index >= 15 is 0 Å². The summed E-state index contributed by atoms with van der Waals surface area (Å²) in [5.41, 5.74) is 14.1. The summed E-state index contributed by atoms with van der Waals surface area (Å²) in [5.74, 6) is 1.15. The van der Waals surface area contributed by atoms with Gasteiger partial charge in [-0.1, -0.05) is 50.7 Å². The SMILES string of the molecule is CC(N)(c1ccc2c(C(C)(N)C3CCCCC3)c(O)ccc2c1O)C1CCCCC1.Cl.Cl. The highest BCUT2D eigenvalue weighted by atomic mass is 35.5. The van der Waals surface area contributed by atoms with E-state index in [0.717, 1.165) is 47.6 Å². The van der Waals surface area contributed by atoms with Gasteiger partial charge in [0, 0.05) is 27.6 Å². The normalized spacial score (nSPS) is 21.8. The summed E-state index contributed by atoms with van der Waals surface area (Å²) in [6.07, 6.45) is 11.7. The van der Waals surface area contributed by atoms with Crippen molar-refractivity contribution in [3.63, 3.8) is 0 Å². The molecule has 0 aliphatic heterocycles. The number of aromatic hydroxyl groups is 2. The van der Waals surface area contributed by atoms with Gasteiger partial charge in [-0.25, -0.2) is 0 Å². The molecule has 2 aromatic carbocycles. The second-order valence-electron chi connectivity index (χ2n) is 10.3. The van der Waals surface area contributed by atoms with Crippen molar-refractivity contribution in [2.75, 3.05) is 0 Å². The molecule has 32 heavy (non-hydrogen) atoms. The number of phenols is 2. The lowest BCUT2D eigenvalue weighted by Gasteiger charge is -2.39. The molecule has 0 bridgehead atoms. The average molecular weight is 484 g/mol. The van der Waals surface area contributed by atoms with Crippen LogP contribution >= 0.6 is 24.8 Å². The molecule has 2 fully saturated rings. The maximum Gasteiger partial charge on any atom is 0.128 e. The minimum atomic E-state index is -0.645. The second kappa shape index (κ2) is 10.4. The zero-order chi connectivity index (χ0) is 21.5. The molecule has 0 spiro atoms. The molecule has 0 aromatic heterocycles. The van der Waals surface area contributed by atoms with Gasteiger partial charge < -0.3 is 21.7 Å². The Bertz CT molecular complexity index is 918. The van der Waals surface area contributed by atoms with Crippen molar-refractivity contribution in [1.29, 1.82) is 0 Å². The predicted octanol–water partition coefficient (Wildman–Crippen LogP) is 6.60. The van der Waals surface area contributed by atoms with E-state index in [-0.39, 0.29) is 36.3 Å². The summed E-state index contributed by atoms with van der Waals surface area (Å²) in [6, 6.07) is 7.47. The van der Waals surface area contributed by atoms with E-state index in [1.807, 2.05) is 19.1 Å². The van der Waals surface area contributed by atoms with Crippen LogP contribution in [0, 0.1) is 11.8 Å². The van der Waals surface area contributed by atoms with Gasteiger partial charge in [0.2, 0.25) is 0 Å². The molecule has 0 saturated heterocycles. The van der Waals surface area contributed by atoms with E-state index in [9.17, 15) is 10.2 Å². The van der Waals surface area contributed by atoms with E-state index in [0.29, 0.717) is 11.8 Å². The third kappa shape index (κ3) is 4.70. The Balaban J connectivity index is 0.00000181. The lowest BCUT2D eigenvalue weighted by atomic mass is 9.70. The molecule has 2 unspecified atom stereocenters. The van der Waals surface area contributed by atoms with Crippen LogP contribution in [0.15, 0.2) is 24.3 Å². The largest absolute Gasteiger partial charge is 0.508 e. The predicted molar refractivity (Wildman–Crippen MR) is 138 cm³/mol. The quantitative estimate of drug-likeness (QED) is 0.394. The molecule has 2 aliphatic carbocycles. The van der Waals surface area contributed by atoms with Gasteiger partial charge in [0.05, 0.1) is 0 Å². The molecular weight excluding hydrogens is 443 g/mol. The number of phenolic OH excluding ortho intramolecular Hbond substituents is 2. The first kappa shape index (κ1) is 27.0. The van der Waals surface area contributed by atoms with E-state index in [4.69, 9.17) is 11.5 Å². The first-order valence-corrected chi connectivity index (χ1v) is 11.8. The second-order valence-corrected chi connectivity index (χ2v) is 10.3. The van der Waals surface area contributed by atoms with Crippen molar-refractivity contribution in [1.82, 2.24) is 0 Å². The van der Waals surface area contributed by atoms with Gasteiger partial charge >= 0.3 is 0 Å². The number of nitrogens with two attached hydrogens (primary N) is 2. The van der Waals surface area contributed by atoms with Crippen LogP contribution in [0.1, 0.15) is 89.2 Å². The summed E-state index contributed by atoms with van der Waals surface area (Å²) < 4.78 is 0. The molecule has 0 amide bonds. The van der Waals surface area contributed by atoms with Crippen LogP contribution < -0.4 is 11.5 Å².